The zero-order valence-electron chi connectivity index (χ0n) is 9.06. The van der Waals surface area contributed by atoms with E-state index in [1.807, 2.05) is 6.07 Å². The first-order valence-corrected chi connectivity index (χ1v) is 5.00. The van der Waals surface area contributed by atoms with Gasteiger partial charge in [-0.25, -0.2) is 4.79 Å². The Morgan fingerprint density at radius 3 is 2.67 bits per heavy atom. The van der Waals surface area contributed by atoms with Gasteiger partial charge < -0.3 is 9.84 Å². The average Bonchev–Trinajstić information content (AvgIpc) is 2.17. The van der Waals surface area contributed by atoms with Gasteiger partial charge in [0.2, 0.25) is 0 Å². The first kappa shape index (κ1) is 11.7. The Bertz CT molecular complexity index is 331. The molecule has 1 aromatic carbocycles. The standard InChI is InChI=1S/C12H16O3/c1-9(2)7-15-8-10-5-3-4-6-11(10)12(13)14/h3-6,9H,7-8H2,1-2H3,(H,13,14). The third-order valence-electron chi connectivity index (χ3n) is 1.96. The summed E-state index contributed by atoms with van der Waals surface area (Å²) in [6.07, 6.45) is 0. The molecule has 0 spiro atoms. The highest BCUT2D eigenvalue weighted by atomic mass is 16.5. The Morgan fingerprint density at radius 1 is 1.40 bits per heavy atom. The minimum absolute atomic E-state index is 0.321. The van der Waals surface area contributed by atoms with Crippen LogP contribution in [0.1, 0.15) is 29.8 Å². The van der Waals surface area contributed by atoms with Crippen LogP contribution in [0.2, 0.25) is 0 Å². The van der Waals surface area contributed by atoms with E-state index >= 15 is 0 Å². The van der Waals surface area contributed by atoms with Crippen LogP contribution in [-0.2, 0) is 11.3 Å². The van der Waals surface area contributed by atoms with Crippen LogP contribution in [0, 0.1) is 5.92 Å². The van der Waals surface area contributed by atoms with Crippen LogP contribution in [0.5, 0.6) is 0 Å². The van der Waals surface area contributed by atoms with E-state index < -0.39 is 5.97 Å². The molecule has 1 aromatic rings. The van der Waals surface area contributed by atoms with E-state index in [9.17, 15) is 4.79 Å². The Labute approximate surface area is 89.7 Å². The summed E-state index contributed by atoms with van der Waals surface area (Å²) < 4.78 is 5.41. The Kier molecular flexibility index (Phi) is 4.31. The first-order valence-electron chi connectivity index (χ1n) is 5.00. The average molecular weight is 208 g/mol. The summed E-state index contributed by atoms with van der Waals surface area (Å²) in [4.78, 5) is 10.9. The van der Waals surface area contributed by atoms with Gasteiger partial charge >= 0.3 is 5.97 Å². The molecule has 0 heterocycles. The number of carboxylic acids is 1. The van der Waals surface area contributed by atoms with Crippen molar-refractivity contribution in [3.8, 4) is 0 Å². The number of rotatable bonds is 5. The topological polar surface area (TPSA) is 46.5 Å². The number of benzene rings is 1. The highest BCUT2D eigenvalue weighted by Crippen LogP contribution is 2.10. The van der Waals surface area contributed by atoms with Crippen molar-refractivity contribution in [3.63, 3.8) is 0 Å². The molecule has 0 fully saturated rings. The molecule has 0 saturated heterocycles. The maximum atomic E-state index is 10.9. The van der Waals surface area contributed by atoms with E-state index in [2.05, 4.69) is 13.8 Å². The van der Waals surface area contributed by atoms with Crippen molar-refractivity contribution in [1.29, 1.82) is 0 Å². The molecule has 0 aliphatic rings. The quantitative estimate of drug-likeness (QED) is 0.808. The number of carboxylic acid groups (broad SMARTS) is 1. The van der Waals surface area contributed by atoms with Crippen LogP contribution < -0.4 is 0 Å². The van der Waals surface area contributed by atoms with Crippen LogP contribution in [0.15, 0.2) is 24.3 Å². The fraction of sp³-hybridized carbons (Fsp3) is 0.417. The molecule has 0 aliphatic carbocycles. The lowest BCUT2D eigenvalue weighted by molar-refractivity contribution is 0.0681. The molecule has 0 unspecified atom stereocenters. The minimum atomic E-state index is -0.904. The minimum Gasteiger partial charge on any atom is -0.478 e. The lowest BCUT2D eigenvalue weighted by atomic mass is 10.1. The van der Waals surface area contributed by atoms with Gasteiger partial charge in [-0.3, -0.25) is 0 Å². The molecule has 1 rings (SSSR count). The van der Waals surface area contributed by atoms with Gasteiger partial charge in [0, 0.05) is 6.61 Å². The molecule has 0 radical (unpaired) electrons. The van der Waals surface area contributed by atoms with Gasteiger partial charge in [-0.05, 0) is 17.5 Å². The summed E-state index contributed by atoms with van der Waals surface area (Å²) in [5, 5.41) is 8.92. The number of aromatic carboxylic acids is 1. The third kappa shape index (κ3) is 3.72. The van der Waals surface area contributed by atoms with E-state index in [0.717, 1.165) is 5.56 Å². The van der Waals surface area contributed by atoms with Gasteiger partial charge in [0.15, 0.2) is 0 Å². The lowest BCUT2D eigenvalue weighted by Crippen LogP contribution is -2.06. The molecule has 0 aliphatic heterocycles. The van der Waals surface area contributed by atoms with Crippen LogP contribution in [0.25, 0.3) is 0 Å². The maximum Gasteiger partial charge on any atom is 0.336 e. The van der Waals surface area contributed by atoms with Gasteiger partial charge in [-0.15, -0.1) is 0 Å². The van der Waals surface area contributed by atoms with Crippen LogP contribution in [0.3, 0.4) is 0 Å². The van der Waals surface area contributed by atoms with Crippen molar-refractivity contribution in [2.45, 2.75) is 20.5 Å². The molecule has 3 heteroatoms. The highest BCUT2D eigenvalue weighted by Gasteiger charge is 2.08. The van der Waals surface area contributed by atoms with Crippen molar-refractivity contribution in [1.82, 2.24) is 0 Å². The van der Waals surface area contributed by atoms with Crippen LogP contribution in [0.4, 0.5) is 0 Å². The number of hydrogen-bond donors (Lipinski definition) is 1. The highest BCUT2D eigenvalue weighted by molar-refractivity contribution is 5.89. The number of carbonyl (C=O) groups is 1. The molecule has 0 atom stereocenters. The third-order valence-corrected chi connectivity index (χ3v) is 1.96. The van der Waals surface area contributed by atoms with E-state index in [0.29, 0.717) is 24.7 Å². The first-order chi connectivity index (χ1) is 7.11. The molecule has 3 nitrogen and oxygen atoms in total. The van der Waals surface area contributed by atoms with E-state index in [4.69, 9.17) is 9.84 Å². The number of hydrogen-bond acceptors (Lipinski definition) is 2. The van der Waals surface area contributed by atoms with E-state index in [1.54, 1.807) is 18.2 Å². The summed E-state index contributed by atoms with van der Waals surface area (Å²) in [5.41, 5.74) is 1.05. The summed E-state index contributed by atoms with van der Waals surface area (Å²) in [6, 6.07) is 6.91. The Morgan fingerprint density at radius 2 is 2.07 bits per heavy atom. The summed E-state index contributed by atoms with van der Waals surface area (Å²) in [6.45, 7) is 5.13. The summed E-state index contributed by atoms with van der Waals surface area (Å²) in [5.74, 6) is -0.444. The Hall–Kier alpha value is -1.35. The van der Waals surface area contributed by atoms with Gasteiger partial charge in [-0.1, -0.05) is 32.0 Å². The van der Waals surface area contributed by atoms with Crippen molar-refractivity contribution in [2.24, 2.45) is 5.92 Å². The predicted octanol–water partition coefficient (Wildman–Crippen LogP) is 2.56. The zero-order chi connectivity index (χ0) is 11.3. The monoisotopic (exact) mass is 208 g/mol. The van der Waals surface area contributed by atoms with Crippen molar-refractivity contribution >= 4 is 5.97 Å². The largest absolute Gasteiger partial charge is 0.478 e. The van der Waals surface area contributed by atoms with Crippen LogP contribution in [-0.4, -0.2) is 17.7 Å². The van der Waals surface area contributed by atoms with E-state index in [1.165, 1.54) is 0 Å². The molecule has 1 N–H and O–H groups in total. The second kappa shape index (κ2) is 5.51. The lowest BCUT2D eigenvalue weighted by Gasteiger charge is -2.08. The molecular weight excluding hydrogens is 192 g/mol. The fourth-order valence-electron chi connectivity index (χ4n) is 1.26. The van der Waals surface area contributed by atoms with Gasteiger partial charge in [0.05, 0.1) is 12.2 Å². The molecular formula is C12H16O3. The second-order valence-corrected chi connectivity index (χ2v) is 3.87. The van der Waals surface area contributed by atoms with Crippen molar-refractivity contribution < 1.29 is 14.6 Å². The van der Waals surface area contributed by atoms with E-state index in [-0.39, 0.29) is 0 Å². The fourth-order valence-corrected chi connectivity index (χ4v) is 1.26. The maximum absolute atomic E-state index is 10.9. The molecule has 82 valence electrons. The van der Waals surface area contributed by atoms with Gasteiger partial charge in [0.1, 0.15) is 0 Å². The van der Waals surface area contributed by atoms with Crippen molar-refractivity contribution in [3.05, 3.63) is 35.4 Å². The number of ether oxygens (including phenoxy) is 1. The molecule has 0 bridgehead atoms. The summed E-state index contributed by atoms with van der Waals surface area (Å²) in [7, 11) is 0. The molecule has 0 aromatic heterocycles. The smallest absolute Gasteiger partial charge is 0.336 e. The Balaban J connectivity index is 2.63. The normalized spacial score (nSPS) is 10.6. The predicted molar refractivity (Wildman–Crippen MR) is 57.9 cm³/mol. The van der Waals surface area contributed by atoms with Crippen molar-refractivity contribution in [2.75, 3.05) is 6.61 Å². The molecule has 0 saturated carbocycles. The van der Waals surface area contributed by atoms with Crippen LogP contribution >= 0.6 is 0 Å². The zero-order valence-corrected chi connectivity index (χ0v) is 9.06. The SMILES string of the molecule is CC(C)COCc1ccccc1C(=O)O. The second-order valence-electron chi connectivity index (χ2n) is 3.87. The summed E-state index contributed by atoms with van der Waals surface area (Å²) >= 11 is 0. The molecule has 15 heavy (non-hydrogen) atoms. The van der Waals surface area contributed by atoms with Gasteiger partial charge in [-0.2, -0.15) is 0 Å². The van der Waals surface area contributed by atoms with Gasteiger partial charge in [0.25, 0.3) is 0 Å². The molecule has 0 amide bonds.